The van der Waals surface area contributed by atoms with Crippen molar-refractivity contribution < 1.29 is 14.2 Å². The highest BCUT2D eigenvalue weighted by Gasteiger charge is 2.10. The lowest BCUT2D eigenvalue weighted by Crippen LogP contribution is -2.00. The minimum Gasteiger partial charge on any atom is -0.494 e. The van der Waals surface area contributed by atoms with Gasteiger partial charge in [-0.3, -0.25) is 0 Å². The molecule has 0 saturated heterocycles. The van der Waals surface area contributed by atoms with E-state index >= 15 is 0 Å². The average Bonchev–Trinajstić information content (AvgIpc) is 2.55. The molecule has 0 radical (unpaired) electrons. The fourth-order valence-corrected chi connectivity index (χ4v) is 2.35. The molecule has 22 heavy (non-hydrogen) atoms. The minimum atomic E-state index is 0.587. The zero-order chi connectivity index (χ0) is 15.8. The number of methoxy groups -OCH3 is 1. The molecule has 4 heteroatoms. The molecular formula is C18H23ClO3. The van der Waals surface area contributed by atoms with Gasteiger partial charge >= 0.3 is 0 Å². The van der Waals surface area contributed by atoms with Crippen LogP contribution in [0.15, 0.2) is 30.3 Å². The Kier molecular flexibility index (Phi) is 6.66. The van der Waals surface area contributed by atoms with Crippen molar-refractivity contribution in [2.24, 2.45) is 0 Å². The largest absolute Gasteiger partial charge is 0.494 e. The minimum absolute atomic E-state index is 0.587. The summed E-state index contributed by atoms with van der Waals surface area (Å²) in [7, 11) is 1.66. The van der Waals surface area contributed by atoms with Crippen molar-refractivity contribution in [1.82, 2.24) is 0 Å². The van der Waals surface area contributed by atoms with Gasteiger partial charge in [0.1, 0.15) is 5.75 Å². The second-order valence-electron chi connectivity index (χ2n) is 5.07. The third-order valence-electron chi connectivity index (χ3n) is 3.41. The lowest BCUT2D eigenvalue weighted by molar-refractivity contribution is 0.296. The number of hydrogen-bond donors (Lipinski definition) is 0. The van der Waals surface area contributed by atoms with Gasteiger partial charge in [-0.1, -0.05) is 19.4 Å². The molecule has 0 amide bonds. The molecule has 3 nitrogen and oxygen atoms in total. The van der Waals surface area contributed by atoms with Crippen LogP contribution in [0.5, 0.6) is 17.2 Å². The Hall–Kier alpha value is -1.61. The van der Waals surface area contributed by atoms with Crippen LogP contribution in [0, 0.1) is 0 Å². The fourth-order valence-electron chi connectivity index (χ4n) is 2.24. The predicted octanol–water partition coefficient (Wildman–Crippen LogP) is 5.04. The summed E-state index contributed by atoms with van der Waals surface area (Å²) in [5, 5.41) is 2.10. The molecule has 0 spiro atoms. The summed E-state index contributed by atoms with van der Waals surface area (Å²) in [4.78, 5) is 0. The van der Waals surface area contributed by atoms with Crippen LogP contribution in [0.4, 0.5) is 0 Å². The van der Waals surface area contributed by atoms with Crippen LogP contribution >= 0.6 is 11.6 Å². The summed E-state index contributed by atoms with van der Waals surface area (Å²) in [6.45, 7) is 3.49. The van der Waals surface area contributed by atoms with Gasteiger partial charge in [0.15, 0.2) is 11.5 Å². The zero-order valence-electron chi connectivity index (χ0n) is 13.2. The van der Waals surface area contributed by atoms with Crippen LogP contribution in [0.2, 0.25) is 0 Å². The van der Waals surface area contributed by atoms with Crippen molar-refractivity contribution in [1.29, 1.82) is 0 Å². The molecule has 2 rings (SSSR count). The molecule has 0 aromatic heterocycles. The highest BCUT2D eigenvalue weighted by Crippen LogP contribution is 2.37. The van der Waals surface area contributed by atoms with E-state index in [2.05, 4.69) is 6.92 Å². The summed E-state index contributed by atoms with van der Waals surface area (Å²) >= 11 is 5.68. The molecule has 120 valence electrons. The van der Waals surface area contributed by atoms with Crippen molar-refractivity contribution in [3.05, 3.63) is 30.3 Å². The predicted molar refractivity (Wildman–Crippen MR) is 91.7 cm³/mol. The van der Waals surface area contributed by atoms with Gasteiger partial charge in [-0.15, -0.1) is 11.6 Å². The Morgan fingerprint density at radius 3 is 2.55 bits per heavy atom. The number of alkyl halides is 1. The fraction of sp³-hybridized carbons (Fsp3) is 0.444. The summed E-state index contributed by atoms with van der Waals surface area (Å²) in [5.41, 5.74) is 0. The van der Waals surface area contributed by atoms with Crippen LogP contribution in [-0.2, 0) is 0 Å². The first kappa shape index (κ1) is 16.8. The summed E-state index contributed by atoms with van der Waals surface area (Å²) in [5.74, 6) is 2.99. The number of rotatable bonds is 9. The van der Waals surface area contributed by atoms with Crippen LogP contribution in [0.25, 0.3) is 10.8 Å². The Labute approximate surface area is 137 Å². The third-order valence-corrected chi connectivity index (χ3v) is 3.68. The van der Waals surface area contributed by atoms with Gasteiger partial charge in [0, 0.05) is 11.3 Å². The van der Waals surface area contributed by atoms with Crippen molar-refractivity contribution in [2.45, 2.75) is 26.2 Å². The van der Waals surface area contributed by atoms with E-state index in [4.69, 9.17) is 25.8 Å². The molecule has 0 aliphatic heterocycles. The highest BCUT2D eigenvalue weighted by molar-refractivity contribution is 6.17. The van der Waals surface area contributed by atoms with E-state index < -0.39 is 0 Å². The van der Waals surface area contributed by atoms with Gasteiger partial charge in [0.25, 0.3) is 0 Å². The molecular weight excluding hydrogens is 300 g/mol. The van der Waals surface area contributed by atoms with Gasteiger partial charge in [-0.25, -0.2) is 0 Å². The van der Waals surface area contributed by atoms with Crippen LogP contribution in [0.1, 0.15) is 26.2 Å². The van der Waals surface area contributed by atoms with Crippen molar-refractivity contribution >= 4 is 22.4 Å². The van der Waals surface area contributed by atoms with Gasteiger partial charge in [-0.05, 0) is 42.5 Å². The number of unbranched alkanes of at least 4 members (excludes halogenated alkanes) is 1. The highest BCUT2D eigenvalue weighted by atomic mass is 35.5. The molecule has 0 fully saturated rings. The van der Waals surface area contributed by atoms with Crippen LogP contribution in [-0.4, -0.2) is 26.2 Å². The average molecular weight is 323 g/mol. The molecule has 0 heterocycles. The van der Waals surface area contributed by atoms with Crippen molar-refractivity contribution in [3.63, 3.8) is 0 Å². The van der Waals surface area contributed by atoms with E-state index in [1.165, 1.54) is 0 Å². The molecule has 2 aromatic carbocycles. The number of fused-ring (bicyclic) bond motifs is 1. The second kappa shape index (κ2) is 8.74. The summed E-state index contributed by atoms with van der Waals surface area (Å²) in [6, 6.07) is 9.99. The Morgan fingerprint density at radius 1 is 1.00 bits per heavy atom. The topological polar surface area (TPSA) is 27.7 Å². The number of halogens is 1. The van der Waals surface area contributed by atoms with Crippen molar-refractivity contribution in [2.75, 3.05) is 26.2 Å². The normalized spacial score (nSPS) is 10.7. The number of benzene rings is 2. The molecule has 0 N–H and O–H groups in total. The lowest BCUT2D eigenvalue weighted by atomic mass is 10.1. The Balaban J connectivity index is 2.22. The van der Waals surface area contributed by atoms with E-state index in [1.54, 1.807) is 7.11 Å². The molecule has 0 unspecified atom stereocenters. The first-order valence-electron chi connectivity index (χ1n) is 7.72. The molecule has 0 saturated carbocycles. The smallest absolute Gasteiger partial charge is 0.168 e. The van der Waals surface area contributed by atoms with Gasteiger partial charge in [0.05, 0.1) is 20.3 Å². The van der Waals surface area contributed by atoms with E-state index in [9.17, 15) is 0 Å². The first-order valence-corrected chi connectivity index (χ1v) is 8.26. The molecule has 2 aromatic rings. The first-order chi connectivity index (χ1) is 10.8. The molecule has 0 aliphatic carbocycles. The Bertz CT molecular complexity index is 598. The monoisotopic (exact) mass is 322 g/mol. The third kappa shape index (κ3) is 4.20. The standard InChI is InChI=1S/C18H23ClO3/c1-3-4-11-21-15-7-8-16-14(13-15)6-9-17(18(16)20-2)22-12-5-10-19/h6-9,13H,3-5,10-12H2,1-2H3. The maximum Gasteiger partial charge on any atom is 0.168 e. The van der Waals surface area contributed by atoms with Gasteiger partial charge in [-0.2, -0.15) is 0 Å². The van der Waals surface area contributed by atoms with E-state index in [-0.39, 0.29) is 0 Å². The molecule has 0 atom stereocenters. The van der Waals surface area contributed by atoms with Gasteiger partial charge < -0.3 is 14.2 Å². The van der Waals surface area contributed by atoms with Crippen LogP contribution in [0.3, 0.4) is 0 Å². The SMILES string of the molecule is CCCCOc1ccc2c(OC)c(OCCCCl)ccc2c1. The molecule has 0 bridgehead atoms. The molecule has 0 aliphatic rings. The maximum absolute atomic E-state index is 5.75. The summed E-state index contributed by atoms with van der Waals surface area (Å²) in [6.07, 6.45) is 3.01. The zero-order valence-corrected chi connectivity index (χ0v) is 14.0. The summed E-state index contributed by atoms with van der Waals surface area (Å²) < 4.78 is 17.0. The number of ether oxygens (including phenoxy) is 3. The maximum atomic E-state index is 5.75. The van der Waals surface area contributed by atoms with E-state index in [0.717, 1.165) is 53.9 Å². The second-order valence-corrected chi connectivity index (χ2v) is 5.45. The van der Waals surface area contributed by atoms with Gasteiger partial charge in [0.2, 0.25) is 0 Å². The lowest BCUT2D eigenvalue weighted by Gasteiger charge is -2.14. The quantitative estimate of drug-likeness (QED) is 0.478. The van der Waals surface area contributed by atoms with Crippen molar-refractivity contribution in [3.8, 4) is 17.2 Å². The van der Waals surface area contributed by atoms with E-state index in [0.29, 0.717) is 12.5 Å². The Morgan fingerprint density at radius 2 is 1.82 bits per heavy atom. The number of hydrogen-bond acceptors (Lipinski definition) is 3. The van der Waals surface area contributed by atoms with Crippen LogP contribution < -0.4 is 14.2 Å². The van der Waals surface area contributed by atoms with E-state index in [1.807, 2.05) is 30.3 Å².